The van der Waals surface area contributed by atoms with Gasteiger partial charge >= 0.3 is 0 Å². The van der Waals surface area contributed by atoms with Crippen LogP contribution in [0.5, 0.6) is 5.75 Å². The first-order valence-electron chi connectivity index (χ1n) is 3.94. The molecule has 0 saturated carbocycles. The van der Waals surface area contributed by atoms with Crippen LogP contribution in [0.15, 0.2) is 24.3 Å². The van der Waals surface area contributed by atoms with Crippen molar-refractivity contribution in [2.75, 3.05) is 11.6 Å². The van der Waals surface area contributed by atoms with Crippen LogP contribution < -0.4 is 11.6 Å². The molecule has 0 atom stereocenters. The van der Waals surface area contributed by atoms with E-state index in [1.165, 1.54) is 4.68 Å². The highest BCUT2D eigenvalue weighted by Gasteiger charge is 2.08. The standard InChI is InChI=1S/C8H9N5O/c9-8-12-11-7(13(8)10)5-1-3-6(14)4-2-5/h1-4,14H,10H2,(H2,9,12). The number of rotatable bonds is 1. The zero-order valence-corrected chi connectivity index (χ0v) is 7.25. The first kappa shape index (κ1) is 8.36. The molecule has 72 valence electrons. The Kier molecular flexibility index (Phi) is 1.74. The van der Waals surface area contributed by atoms with E-state index < -0.39 is 0 Å². The first-order valence-corrected chi connectivity index (χ1v) is 3.94. The molecule has 14 heavy (non-hydrogen) atoms. The van der Waals surface area contributed by atoms with Gasteiger partial charge in [-0.05, 0) is 24.3 Å². The number of aromatic nitrogens is 3. The third-order valence-electron chi connectivity index (χ3n) is 1.85. The van der Waals surface area contributed by atoms with E-state index in [4.69, 9.17) is 16.7 Å². The summed E-state index contributed by atoms with van der Waals surface area (Å²) in [6, 6.07) is 6.45. The largest absolute Gasteiger partial charge is 0.508 e. The lowest BCUT2D eigenvalue weighted by atomic mass is 10.2. The number of aromatic hydroxyl groups is 1. The second-order valence-corrected chi connectivity index (χ2v) is 2.80. The predicted octanol–water partition coefficient (Wildman–Crippen LogP) is -0.0533. The summed E-state index contributed by atoms with van der Waals surface area (Å²) >= 11 is 0. The van der Waals surface area contributed by atoms with Gasteiger partial charge in [0.2, 0.25) is 5.95 Å². The maximum atomic E-state index is 9.08. The summed E-state index contributed by atoms with van der Waals surface area (Å²) < 4.78 is 1.19. The van der Waals surface area contributed by atoms with E-state index in [-0.39, 0.29) is 11.7 Å². The van der Waals surface area contributed by atoms with Crippen LogP contribution in [0.25, 0.3) is 11.4 Å². The number of hydrogen-bond donors (Lipinski definition) is 3. The second kappa shape index (κ2) is 2.91. The fraction of sp³-hybridized carbons (Fsp3) is 0. The minimum Gasteiger partial charge on any atom is -0.508 e. The van der Waals surface area contributed by atoms with Gasteiger partial charge in [-0.25, -0.2) is 4.68 Å². The number of benzene rings is 1. The lowest BCUT2D eigenvalue weighted by Crippen LogP contribution is -2.13. The van der Waals surface area contributed by atoms with Crippen molar-refractivity contribution in [1.82, 2.24) is 14.9 Å². The molecule has 1 aromatic carbocycles. The highest BCUT2D eigenvalue weighted by molar-refractivity contribution is 5.57. The molecule has 0 aliphatic heterocycles. The molecule has 5 N–H and O–H groups in total. The van der Waals surface area contributed by atoms with Gasteiger partial charge in [-0.1, -0.05) is 0 Å². The molecule has 0 aliphatic carbocycles. The van der Waals surface area contributed by atoms with Crippen LogP contribution >= 0.6 is 0 Å². The van der Waals surface area contributed by atoms with E-state index in [1.807, 2.05) is 0 Å². The smallest absolute Gasteiger partial charge is 0.241 e. The summed E-state index contributed by atoms with van der Waals surface area (Å²) in [5.41, 5.74) is 6.17. The van der Waals surface area contributed by atoms with Crippen molar-refractivity contribution < 1.29 is 5.11 Å². The van der Waals surface area contributed by atoms with E-state index in [1.54, 1.807) is 24.3 Å². The second-order valence-electron chi connectivity index (χ2n) is 2.80. The normalized spacial score (nSPS) is 10.3. The van der Waals surface area contributed by atoms with Crippen molar-refractivity contribution in [3.05, 3.63) is 24.3 Å². The average Bonchev–Trinajstić information content (AvgIpc) is 2.50. The average molecular weight is 191 g/mol. The number of phenolic OH excluding ortho intramolecular Hbond substituents is 1. The lowest BCUT2D eigenvalue weighted by molar-refractivity contribution is 0.475. The third-order valence-corrected chi connectivity index (χ3v) is 1.85. The lowest BCUT2D eigenvalue weighted by Gasteiger charge is -2.00. The number of phenols is 1. The Morgan fingerprint density at radius 3 is 2.29 bits per heavy atom. The molecule has 0 amide bonds. The number of anilines is 1. The van der Waals surface area contributed by atoms with Crippen molar-refractivity contribution in [2.24, 2.45) is 0 Å². The minimum absolute atomic E-state index is 0.146. The van der Waals surface area contributed by atoms with Gasteiger partial charge in [-0.3, -0.25) is 0 Å². The Labute approximate surface area is 79.8 Å². The number of nitrogens with zero attached hydrogens (tertiary/aromatic N) is 3. The molecule has 0 saturated heterocycles. The van der Waals surface area contributed by atoms with Crippen LogP contribution in [-0.4, -0.2) is 20.0 Å². The van der Waals surface area contributed by atoms with Gasteiger partial charge in [-0.15, -0.1) is 10.2 Å². The molecule has 0 spiro atoms. The summed E-state index contributed by atoms with van der Waals surface area (Å²) in [5, 5.41) is 16.5. The van der Waals surface area contributed by atoms with Crippen LogP contribution in [0.4, 0.5) is 5.95 Å². The minimum atomic E-state index is 0.146. The van der Waals surface area contributed by atoms with Gasteiger partial charge in [-0.2, -0.15) is 0 Å². The number of hydrogen-bond acceptors (Lipinski definition) is 5. The quantitative estimate of drug-likeness (QED) is 0.548. The van der Waals surface area contributed by atoms with Crippen LogP contribution in [-0.2, 0) is 0 Å². The van der Waals surface area contributed by atoms with Gasteiger partial charge in [0.15, 0.2) is 5.82 Å². The molecule has 0 unspecified atom stereocenters. The van der Waals surface area contributed by atoms with Crippen molar-refractivity contribution in [3.63, 3.8) is 0 Å². The van der Waals surface area contributed by atoms with Gasteiger partial charge in [0.1, 0.15) is 5.75 Å². The van der Waals surface area contributed by atoms with Crippen molar-refractivity contribution in [3.8, 4) is 17.1 Å². The van der Waals surface area contributed by atoms with Gasteiger partial charge in [0.05, 0.1) is 0 Å². The molecule has 0 aliphatic rings. The molecule has 0 bridgehead atoms. The Bertz CT molecular complexity index is 447. The molecule has 0 radical (unpaired) electrons. The maximum Gasteiger partial charge on any atom is 0.241 e. The highest BCUT2D eigenvalue weighted by Crippen LogP contribution is 2.19. The molecule has 6 heteroatoms. The van der Waals surface area contributed by atoms with Crippen LogP contribution in [0, 0.1) is 0 Å². The molecular formula is C8H9N5O. The van der Waals surface area contributed by atoms with Crippen molar-refractivity contribution in [2.45, 2.75) is 0 Å². The molecule has 1 aromatic heterocycles. The number of nitrogen functional groups attached to an aromatic ring is 2. The summed E-state index contributed by atoms with van der Waals surface area (Å²) in [6.07, 6.45) is 0. The Hall–Kier alpha value is -2.24. The monoisotopic (exact) mass is 191 g/mol. The fourth-order valence-electron chi connectivity index (χ4n) is 1.11. The number of nitrogens with two attached hydrogens (primary N) is 2. The summed E-state index contributed by atoms with van der Waals surface area (Å²) in [4.78, 5) is 0. The zero-order chi connectivity index (χ0) is 10.1. The summed E-state index contributed by atoms with van der Waals surface area (Å²) in [6.45, 7) is 0. The molecule has 6 nitrogen and oxygen atoms in total. The topological polar surface area (TPSA) is 103 Å². The van der Waals surface area contributed by atoms with Crippen LogP contribution in [0.3, 0.4) is 0 Å². The van der Waals surface area contributed by atoms with Crippen molar-refractivity contribution >= 4 is 5.95 Å². The van der Waals surface area contributed by atoms with Gasteiger partial charge in [0, 0.05) is 5.56 Å². The predicted molar refractivity (Wildman–Crippen MR) is 51.7 cm³/mol. The van der Waals surface area contributed by atoms with Gasteiger partial charge in [0.25, 0.3) is 0 Å². The maximum absolute atomic E-state index is 9.08. The molecular weight excluding hydrogens is 182 g/mol. The summed E-state index contributed by atoms with van der Waals surface area (Å²) in [7, 11) is 0. The molecule has 2 rings (SSSR count). The Balaban J connectivity index is 2.49. The fourth-order valence-corrected chi connectivity index (χ4v) is 1.11. The Morgan fingerprint density at radius 1 is 1.14 bits per heavy atom. The summed E-state index contributed by atoms with van der Waals surface area (Å²) in [5.74, 6) is 6.37. The van der Waals surface area contributed by atoms with Crippen LogP contribution in [0.1, 0.15) is 0 Å². The molecule has 1 heterocycles. The van der Waals surface area contributed by atoms with Crippen molar-refractivity contribution in [1.29, 1.82) is 0 Å². The molecule has 2 aromatic rings. The van der Waals surface area contributed by atoms with E-state index in [0.717, 1.165) is 5.56 Å². The third kappa shape index (κ3) is 1.22. The van der Waals surface area contributed by atoms with Gasteiger partial charge < -0.3 is 16.7 Å². The van der Waals surface area contributed by atoms with Crippen LogP contribution in [0.2, 0.25) is 0 Å². The van der Waals surface area contributed by atoms with E-state index in [9.17, 15) is 0 Å². The highest BCUT2D eigenvalue weighted by atomic mass is 16.3. The van der Waals surface area contributed by atoms with E-state index in [2.05, 4.69) is 10.2 Å². The molecule has 0 fully saturated rings. The SMILES string of the molecule is Nc1nnc(-c2ccc(O)cc2)n1N. The first-order chi connectivity index (χ1) is 6.68. The van der Waals surface area contributed by atoms with E-state index in [0.29, 0.717) is 5.82 Å². The Morgan fingerprint density at radius 2 is 1.79 bits per heavy atom. The zero-order valence-electron chi connectivity index (χ0n) is 7.25. The van der Waals surface area contributed by atoms with E-state index >= 15 is 0 Å².